The van der Waals surface area contributed by atoms with Gasteiger partial charge in [0.15, 0.2) is 5.65 Å². The Morgan fingerprint density at radius 2 is 1.57 bits per heavy atom. The van der Waals surface area contributed by atoms with E-state index in [4.69, 9.17) is 21.1 Å². The predicted molar refractivity (Wildman–Crippen MR) is 144 cm³/mol. The van der Waals surface area contributed by atoms with Crippen molar-refractivity contribution in [2.75, 3.05) is 0 Å². The van der Waals surface area contributed by atoms with E-state index in [9.17, 15) is 0 Å². The van der Waals surface area contributed by atoms with Crippen LogP contribution in [0.5, 0.6) is 0 Å². The first-order valence-corrected chi connectivity index (χ1v) is 11.9. The highest BCUT2D eigenvalue weighted by Crippen LogP contribution is 2.30. The average Bonchev–Trinajstić information content (AvgIpc) is 3.22. The number of hydrogen-bond acceptors (Lipinski definition) is 3. The van der Waals surface area contributed by atoms with Gasteiger partial charge in [0.1, 0.15) is 17.2 Å². The monoisotopic (exact) mass is 459 g/mol. The minimum Gasteiger partial charge on any atom is -0.384 e. The van der Waals surface area contributed by atoms with Crippen LogP contribution >= 0.6 is 0 Å². The van der Waals surface area contributed by atoms with Crippen LogP contribution < -0.4 is 5.73 Å². The lowest BCUT2D eigenvalue weighted by Gasteiger charge is -2.13. The molecule has 174 valence electrons. The number of hydrogen-bond donors (Lipinski definition) is 2. The third-order valence-corrected chi connectivity index (χ3v) is 6.44. The maximum Gasteiger partial charge on any atom is 0.160 e. The van der Waals surface area contributed by atoms with Crippen molar-refractivity contribution in [3.63, 3.8) is 0 Å². The summed E-state index contributed by atoms with van der Waals surface area (Å²) < 4.78 is 2.22. The number of fused-ring (bicyclic) bond motifs is 1. The Labute approximate surface area is 205 Å². The zero-order valence-electron chi connectivity index (χ0n) is 20.3. The third kappa shape index (κ3) is 4.33. The first kappa shape index (κ1) is 22.5. The van der Waals surface area contributed by atoms with Crippen LogP contribution in [-0.4, -0.2) is 20.4 Å². The van der Waals surface area contributed by atoms with Crippen LogP contribution in [0, 0.1) is 19.3 Å². The molecule has 2 aromatic heterocycles. The molecule has 0 aliphatic carbocycles. The lowest BCUT2D eigenvalue weighted by Crippen LogP contribution is -2.12. The fourth-order valence-corrected chi connectivity index (χ4v) is 4.68. The minimum absolute atomic E-state index is 0.0676. The Bertz CT molecular complexity index is 1530. The molecule has 0 unspecified atom stereocenters. The summed E-state index contributed by atoms with van der Waals surface area (Å²) in [5.41, 5.74) is 16.2. The topological polar surface area (TPSA) is 80.6 Å². The van der Waals surface area contributed by atoms with Gasteiger partial charge in [-0.25, -0.2) is 9.97 Å². The zero-order valence-corrected chi connectivity index (χ0v) is 20.3. The number of amidine groups is 1. The molecule has 0 fully saturated rings. The average molecular weight is 460 g/mol. The molecule has 0 bridgehead atoms. The molecular formula is C30H29N5. The molecular weight excluding hydrogens is 430 g/mol. The Balaban J connectivity index is 1.52. The van der Waals surface area contributed by atoms with E-state index >= 15 is 0 Å². The summed E-state index contributed by atoms with van der Waals surface area (Å²) in [4.78, 5) is 9.66. The molecule has 2 heterocycles. The molecule has 0 aliphatic rings. The molecule has 3 aromatic carbocycles. The number of nitrogens with zero attached hydrogens (tertiary/aromatic N) is 3. The van der Waals surface area contributed by atoms with Crippen LogP contribution in [0.2, 0.25) is 0 Å². The van der Waals surface area contributed by atoms with E-state index in [1.807, 2.05) is 37.3 Å². The second kappa shape index (κ2) is 9.18. The van der Waals surface area contributed by atoms with Gasteiger partial charge < -0.3 is 10.3 Å². The van der Waals surface area contributed by atoms with E-state index in [0.717, 1.165) is 62.5 Å². The van der Waals surface area contributed by atoms with E-state index in [2.05, 4.69) is 66.9 Å². The molecule has 5 aromatic rings. The summed E-state index contributed by atoms with van der Waals surface area (Å²) in [6.45, 7) is 6.96. The molecule has 0 spiro atoms. The summed E-state index contributed by atoms with van der Waals surface area (Å²) in [5, 5.41) is 8.09. The highest BCUT2D eigenvalue weighted by atomic mass is 15.1. The van der Waals surface area contributed by atoms with E-state index in [-0.39, 0.29) is 5.84 Å². The molecule has 3 N–H and O–H groups in total. The van der Waals surface area contributed by atoms with Crippen molar-refractivity contribution in [2.24, 2.45) is 5.73 Å². The van der Waals surface area contributed by atoms with Crippen molar-refractivity contribution in [1.82, 2.24) is 14.5 Å². The van der Waals surface area contributed by atoms with Crippen LogP contribution in [-0.2, 0) is 13.0 Å². The van der Waals surface area contributed by atoms with Gasteiger partial charge in [-0.05, 0) is 59.4 Å². The molecule has 5 rings (SSSR count). The zero-order chi connectivity index (χ0) is 24.5. The standard InChI is InChI=1S/C30H29N5/c1-4-27-34-28-19(2)16-20(3)33-30(28)35(27)18-21-10-12-23(13-11-21)26-17-24(14-15-25(26)29(31)32)22-8-6-5-7-9-22/h5-17H,4,18H2,1-3H3,(H3,31,32). The Hall–Kier alpha value is -4.25. The number of pyridine rings is 1. The van der Waals surface area contributed by atoms with Crippen LogP contribution in [0.1, 0.15) is 35.1 Å². The predicted octanol–water partition coefficient (Wildman–Crippen LogP) is 6.28. The van der Waals surface area contributed by atoms with Crippen LogP contribution in [0.25, 0.3) is 33.4 Å². The van der Waals surface area contributed by atoms with Crippen molar-refractivity contribution in [1.29, 1.82) is 5.41 Å². The summed E-state index contributed by atoms with van der Waals surface area (Å²) in [7, 11) is 0. The summed E-state index contributed by atoms with van der Waals surface area (Å²) in [6.07, 6.45) is 0.848. The van der Waals surface area contributed by atoms with Crippen molar-refractivity contribution < 1.29 is 0 Å². The van der Waals surface area contributed by atoms with Crippen molar-refractivity contribution >= 4 is 17.0 Å². The molecule has 5 nitrogen and oxygen atoms in total. The van der Waals surface area contributed by atoms with Gasteiger partial charge in [-0.15, -0.1) is 0 Å². The first-order chi connectivity index (χ1) is 16.9. The SMILES string of the molecule is CCc1nc2c(C)cc(C)nc2n1Cc1ccc(-c2cc(-c3ccccc3)ccc2C(=N)N)cc1. The van der Waals surface area contributed by atoms with Crippen LogP contribution in [0.15, 0.2) is 78.9 Å². The highest BCUT2D eigenvalue weighted by Gasteiger charge is 2.15. The second-order valence-corrected chi connectivity index (χ2v) is 8.96. The maximum atomic E-state index is 8.09. The Kier molecular flexibility index (Phi) is 5.91. The van der Waals surface area contributed by atoms with Gasteiger partial charge in [0, 0.05) is 17.7 Å². The summed E-state index contributed by atoms with van der Waals surface area (Å²) in [5.74, 6) is 1.11. The van der Waals surface area contributed by atoms with Crippen LogP contribution in [0.3, 0.4) is 0 Å². The number of benzene rings is 3. The number of rotatable bonds is 6. The molecule has 0 aliphatic heterocycles. The Morgan fingerprint density at radius 3 is 2.26 bits per heavy atom. The fourth-order valence-electron chi connectivity index (χ4n) is 4.68. The molecule has 0 atom stereocenters. The van der Waals surface area contributed by atoms with E-state index in [0.29, 0.717) is 6.54 Å². The molecule has 5 heteroatoms. The number of imidazole rings is 1. The van der Waals surface area contributed by atoms with Crippen LogP contribution in [0.4, 0.5) is 0 Å². The minimum atomic E-state index is 0.0676. The van der Waals surface area contributed by atoms with Crippen molar-refractivity contribution in [3.8, 4) is 22.3 Å². The number of nitrogens with two attached hydrogens (primary N) is 1. The number of nitrogens with one attached hydrogen (secondary N) is 1. The van der Waals surface area contributed by atoms with E-state index in [1.165, 1.54) is 5.56 Å². The van der Waals surface area contributed by atoms with Gasteiger partial charge in [-0.2, -0.15) is 0 Å². The lowest BCUT2D eigenvalue weighted by atomic mass is 9.93. The summed E-state index contributed by atoms with van der Waals surface area (Å²) in [6, 6.07) is 26.9. The second-order valence-electron chi connectivity index (χ2n) is 8.96. The lowest BCUT2D eigenvalue weighted by molar-refractivity contribution is 0.745. The summed E-state index contributed by atoms with van der Waals surface area (Å²) >= 11 is 0. The first-order valence-electron chi connectivity index (χ1n) is 11.9. The number of nitrogen functional groups attached to an aromatic ring is 1. The van der Waals surface area contributed by atoms with Gasteiger partial charge in [-0.1, -0.05) is 73.7 Å². The van der Waals surface area contributed by atoms with Gasteiger partial charge in [0.25, 0.3) is 0 Å². The molecule has 0 radical (unpaired) electrons. The maximum absolute atomic E-state index is 8.09. The normalized spacial score (nSPS) is 11.2. The van der Waals surface area contributed by atoms with Gasteiger partial charge in [0.2, 0.25) is 0 Å². The largest absolute Gasteiger partial charge is 0.384 e. The van der Waals surface area contributed by atoms with E-state index < -0.39 is 0 Å². The van der Waals surface area contributed by atoms with Gasteiger partial charge in [0.05, 0.1) is 6.54 Å². The number of aryl methyl sites for hydroxylation is 3. The molecule has 35 heavy (non-hydrogen) atoms. The smallest absolute Gasteiger partial charge is 0.160 e. The molecule has 0 saturated carbocycles. The van der Waals surface area contributed by atoms with Gasteiger partial charge in [-0.3, -0.25) is 5.41 Å². The van der Waals surface area contributed by atoms with Crippen molar-refractivity contribution in [3.05, 3.63) is 107 Å². The Morgan fingerprint density at radius 1 is 0.857 bits per heavy atom. The molecule has 0 amide bonds. The number of aromatic nitrogens is 3. The quantitative estimate of drug-likeness (QED) is 0.232. The highest BCUT2D eigenvalue weighted by molar-refractivity contribution is 6.02. The molecule has 0 saturated heterocycles. The van der Waals surface area contributed by atoms with Gasteiger partial charge >= 0.3 is 0 Å². The fraction of sp³-hybridized carbons (Fsp3) is 0.167. The van der Waals surface area contributed by atoms with Crippen molar-refractivity contribution in [2.45, 2.75) is 33.7 Å². The van der Waals surface area contributed by atoms with E-state index in [1.54, 1.807) is 0 Å². The third-order valence-electron chi connectivity index (χ3n) is 6.44.